The van der Waals surface area contributed by atoms with E-state index in [4.69, 9.17) is 0 Å². The molecular weight excluding hydrogens is 234 g/mol. The van der Waals surface area contributed by atoms with Gasteiger partial charge in [-0.1, -0.05) is 30.3 Å². The molecule has 2 aromatic carbocycles. The van der Waals surface area contributed by atoms with Crippen molar-refractivity contribution in [2.45, 2.75) is 12.8 Å². The van der Waals surface area contributed by atoms with Gasteiger partial charge in [0.2, 0.25) is 0 Å². The molecule has 3 aromatic rings. The van der Waals surface area contributed by atoms with Crippen LogP contribution in [0.25, 0.3) is 10.9 Å². The Labute approximate surface area is 112 Å². The zero-order valence-corrected chi connectivity index (χ0v) is 11.0. The number of hydrogen-bond acceptors (Lipinski definition) is 1. The number of para-hydroxylation sites is 1. The summed E-state index contributed by atoms with van der Waals surface area (Å²) in [5.74, 6) is 0.327. The van der Waals surface area contributed by atoms with Crippen molar-refractivity contribution in [3.8, 4) is 5.75 Å². The molecule has 0 saturated heterocycles. The lowest BCUT2D eigenvalue weighted by molar-refractivity contribution is 0.475. The zero-order chi connectivity index (χ0) is 13.2. The summed E-state index contributed by atoms with van der Waals surface area (Å²) in [6, 6.07) is 18.2. The van der Waals surface area contributed by atoms with Crippen LogP contribution in [0.5, 0.6) is 5.75 Å². The van der Waals surface area contributed by atoms with Crippen molar-refractivity contribution in [2.75, 3.05) is 0 Å². The van der Waals surface area contributed by atoms with Gasteiger partial charge in [-0.2, -0.15) is 0 Å². The molecule has 96 valence electrons. The fourth-order valence-corrected chi connectivity index (χ4v) is 2.52. The monoisotopic (exact) mass is 251 g/mol. The smallest absolute Gasteiger partial charge is 0.115 e. The minimum atomic E-state index is 0.327. The van der Waals surface area contributed by atoms with E-state index in [1.165, 1.54) is 22.2 Å². The van der Waals surface area contributed by atoms with E-state index in [2.05, 4.69) is 41.9 Å². The van der Waals surface area contributed by atoms with E-state index >= 15 is 0 Å². The van der Waals surface area contributed by atoms with Gasteiger partial charge in [0.25, 0.3) is 0 Å². The summed E-state index contributed by atoms with van der Waals surface area (Å²) in [6.45, 7) is 0. The second-order valence-electron chi connectivity index (χ2n) is 4.92. The van der Waals surface area contributed by atoms with Gasteiger partial charge in [-0.05, 0) is 48.1 Å². The SMILES string of the molecule is Cn1c(CCc2ccc(O)cc2)cc2ccccc21. The maximum atomic E-state index is 9.28. The number of fused-ring (bicyclic) bond motifs is 1. The van der Waals surface area contributed by atoms with Gasteiger partial charge in [0.15, 0.2) is 0 Å². The quantitative estimate of drug-likeness (QED) is 0.755. The number of nitrogens with zero attached hydrogens (tertiary/aromatic N) is 1. The third kappa shape index (κ3) is 2.34. The van der Waals surface area contributed by atoms with E-state index in [1.54, 1.807) is 12.1 Å². The molecule has 0 aliphatic carbocycles. The van der Waals surface area contributed by atoms with E-state index in [0.29, 0.717) is 5.75 Å². The number of rotatable bonds is 3. The average molecular weight is 251 g/mol. The molecule has 1 heterocycles. The molecule has 0 bridgehead atoms. The number of aromatic hydroxyl groups is 1. The second-order valence-corrected chi connectivity index (χ2v) is 4.92. The van der Waals surface area contributed by atoms with Gasteiger partial charge in [-0.3, -0.25) is 0 Å². The Morgan fingerprint density at radius 3 is 2.42 bits per heavy atom. The molecule has 19 heavy (non-hydrogen) atoms. The van der Waals surface area contributed by atoms with Crippen molar-refractivity contribution in [3.05, 3.63) is 65.9 Å². The molecule has 1 aromatic heterocycles. The number of phenols is 1. The largest absolute Gasteiger partial charge is 0.508 e. The van der Waals surface area contributed by atoms with Crippen molar-refractivity contribution in [1.82, 2.24) is 4.57 Å². The van der Waals surface area contributed by atoms with Crippen LogP contribution < -0.4 is 0 Å². The summed E-state index contributed by atoms with van der Waals surface area (Å²) in [5.41, 5.74) is 3.88. The minimum Gasteiger partial charge on any atom is -0.508 e. The molecule has 2 heteroatoms. The number of aryl methyl sites for hydroxylation is 3. The van der Waals surface area contributed by atoms with Gasteiger partial charge < -0.3 is 9.67 Å². The predicted molar refractivity (Wildman–Crippen MR) is 78.4 cm³/mol. The van der Waals surface area contributed by atoms with Crippen molar-refractivity contribution in [2.24, 2.45) is 7.05 Å². The maximum Gasteiger partial charge on any atom is 0.115 e. The summed E-state index contributed by atoms with van der Waals surface area (Å²) in [4.78, 5) is 0. The number of benzene rings is 2. The summed E-state index contributed by atoms with van der Waals surface area (Å²) >= 11 is 0. The third-order valence-corrected chi connectivity index (χ3v) is 3.66. The maximum absolute atomic E-state index is 9.28. The van der Waals surface area contributed by atoms with Crippen LogP contribution in [0, 0.1) is 0 Å². The van der Waals surface area contributed by atoms with Crippen molar-refractivity contribution in [3.63, 3.8) is 0 Å². The molecule has 0 aliphatic rings. The molecule has 0 fully saturated rings. The Morgan fingerprint density at radius 1 is 0.947 bits per heavy atom. The standard InChI is InChI=1S/C17H17NO/c1-18-15(12-14-4-2-3-5-17(14)18)9-6-13-7-10-16(19)11-8-13/h2-5,7-8,10-12,19H,6,9H2,1H3. The highest BCUT2D eigenvalue weighted by Crippen LogP contribution is 2.20. The first-order valence-electron chi connectivity index (χ1n) is 6.55. The minimum absolute atomic E-state index is 0.327. The lowest BCUT2D eigenvalue weighted by Gasteiger charge is -2.05. The molecule has 0 saturated carbocycles. The van der Waals surface area contributed by atoms with Crippen LogP contribution in [-0.2, 0) is 19.9 Å². The van der Waals surface area contributed by atoms with Crippen molar-refractivity contribution in [1.29, 1.82) is 0 Å². The van der Waals surface area contributed by atoms with Crippen LogP contribution in [0.2, 0.25) is 0 Å². The molecule has 0 unspecified atom stereocenters. The van der Waals surface area contributed by atoms with Crippen molar-refractivity contribution >= 4 is 10.9 Å². The molecule has 0 radical (unpaired) electrons. The van der Waals surface area contributed by atoms with Gasteiger partial charge >= 0.3 is 0 Å². The van der Waals surface area contributed by atoms with Crippen LogP contribution in [0.15, 0.2) is 54.6 Å². The fourth-order valence-electron chi connectivity index (χ4n) is 2.52. The number of phenolic OH excluding ortho intramolecular Hbond substituents is 1. The van der Waals surface area contributed by atoms with E-state index in [9.17, 15) is 5.11 Å². The lowest BCUT2D eigenvalue weighted by Crippen LogP contribution is -1.98. The van der Waals surface area contributed by atoms with E-state index < -0.39 is 0 Å². The Bertz CT molecular complexity index is 695. The van der Waals surface area contributed by atoms with Gasteiger partial charge in [0.05, 0.1) is 0 Å². The normalized spacial score (nSPS) is 11.0. The summed E-state index contributed by atoms with van der Waals surface area (Å²) < 4.78 is 2.26. The van der Waals surface area contributed by atoms with Gasteiger partial charge in [0.1, 0.15) is 5.75 Å². The average Bonchev–Trinajstić information content (AvgIpc) is 2.76. The topological polar surface area (TPSA) is 25.2 Å². The summed E-state index contributed by atoms with van der Waals surface area (Å²) in [5, 5.41) is 10.6. The first-order valence-corrected chi connectivity index (χ1v) is 6.55. The van der Waals surface area contributed by atoms with E-state index in [0.717, 1.165) is 12.8 Å². The summed E-state index contributed by atoms with van der Waals surface area (Å²) in [6.07, 6.45) is 2.00. The van der Waals surface area contributed by atoms with Crippen LogP contribution in [-0.4, -0.2) is 9.67 Å². The van der Waals surface area contributed by atoms with E-state index in [1.807, 2.05) is 12.1 Å². The molecule has 0 amide bonds. The third-order valence-electron chi connectivity index (χ3n) is 3.66. The van der Waals surface area contributed by atoms with Crippen LogP contribution in [0.1, 0.15) is 11.3 Å². The zero-order valence-electron chi connectivity index (χ0n) is 11.0. The van der Waals surface area contributed by atoms with Crippen LogP contribution >= 0.6 is 0 Å². The highest BCUT2D eigenvalue weighted by Gasteiger charge is 2.05. The molecule has 0 spiro atoms. The highest BCUT2D eigenvalue weighted by atomic mass is 16.3. The molecule has 3 rings (SSSR count). The molecule has 0 aliphatic heterocycles. The molecule has 0 atom stereocenters. The molecule has 2 nitrogen and oxygen atoms in total. The van der Waals surface area contributed by atoms with Gasteiger partial charge in [-0.25, -0.2) is 0 Å². The first-order chi connectivity index (χ1) is 9.24. The lowest BCUT2D eigenvalue weighted by atomic mass is 10.1. The molecular formula is C17H17NO. The number of aromatic nitrogens is 1. The highest BCUT2D eigenvalue weighted by molar-refractivity contribution is 5.81. The van der Waals surface area contributed by atoms with Crippen molar-refractivity contribution < 1.29 is 5.11 Å². The number of hydrogen-bond donors (Lipinski definition) is 1. The molecule has 1 N–H and O–H groups in total. The Hall–Kier alpha value is -2.22. The Balaban J connectivity index is 1.82. The summed E-state index contributed by atoms with van der Waals surface area (Å²) in [7, 11) is 2.12. The van der Waals surface area contributed by atoms with E-state index in [-0.39, 0.29) is 0 Å². The first kappa shape index (κ1) is 11.8. The fraction of sp³-hybridized carbons (Fsp3) is 0.176. The predicted octanol–water partition coefficient (Wildman–Crippen LogP) is 3.67. The Kier molecular flexibility index (Phi) is 3.00. The van der Waals surface area contributed by atoms with Gasteiger partial charge in [0, 0.05) is 18.3 Å². The second kappa shape index (κ2) is 4.81. The van der Waals surface area contributed by atoms with Gasteiger partial charge in [-0.15, -0.1) is 0 Å². The Morgan fingerprint density at radius 2 is 1.68 bits per heavy atom. The van der Waals surface area contributed by atoms with Crippen LogP contribution in [0.4, 0.5) is 0 Å². The van der Waals surface area contributed by atoms with Crippen LogP contribution in [0.3, 0.4) is 0 Å².